The molecule has 1 unspecified atom stereocenters. The van der Waals surface area contributed by atoms with Gasteiger partial charge in [-0.25, -0.2) is 9.97 Å². The van der Waals surface area contributed by atoms with Gasteiger partial charge in [-0.3, -0.25) is 9.00 Å². The van der Waals surface area contributed by atoms with Crippen LogP contribution in [-0.4, -0.2) is 25.8 Å². The second-order valence-electron chi connectivity index (χ2n) is 6.80. The van der Waals surface area contributed by atoms with Crippen molar-refractivity contribution in [2.45, 2.75) is 24.2 Å². The molecule has 1 amide bonds. The van der Waals surface area contributed by atoms with E-state index in [4.69, 9.17) is 17.3 Å². The van der Waals surface area contributed by atoms with Crippen molar-refractivity contribution < 1.29 is 9.00 Å². The highest BCUT2D eigenvalue weighted by atomic mass is 35.5. The molecule has 1 aromatic heterocycles. The number of carbonyl (C=O) groups is 1. The number of rotatable bonds is 5. The minimum Gasteiger partial charge on any atom is -0.369 e. The second-order valence-corrected chi connectivity index (χ2v) is 8.74. The van der Waals surface area contributed by atoms with Gasteiger partial charge in [-0.2, -0.15) is 0 Å². The van der Waals surface area contributed by atoms with Crippen molar-refractivity contribution in [3.8, 4) is 11.4 Å². The van der Waals surface area contributed by atoms with Crippen molar-refractivity contribution in [2.75, 3.05) is 11.1 Å². The van der Waals surface area contributed by atoms with Crippen LogP contribution < -0.4 is 11.1 Å². The summed E-state index contributed by atoms with van der Waals surface area (Å²) in [5.41, 5.74) is 8.45. The molecule has 0 bridgehead atoms. The number of aromatic nitrogens is 2. The number of primary amides is 1. The molecule has 1 aliphatic heterocycles. The Kier molecular flexibility index (Phi) is 5.60. The average molecular weight is 427 g/mol. The Bertz CT molecular complexity index is 1100. The summed E-state index contributed by atoms with van der Waals surface area (Å²) >= 11 is 6.13. The third-order valence-corrected chi connectivity index (χ3v) is 6.36. The van der Waals surface area contributed by atoms with Crippen LogP contribution in [0.5, 0.6) is 0 Å². The lowest BCUT2D eigenvalue weighted by Gasteiger charge is -2.19. The first kappa shape index (κ1) is 19.5. The maximum absolute atomic E-state index is 12.7. The van der Waals surface area contributed by atoms with Crippen LogP contribution in [0.3, 0.4) is 0 Å². The van der Waals surface area contributed by atoms with Crippen LogP contribution in [-0.2, 0) is 28.4 Å². The highest BCUT2D eigenvalue weighted by Gasteiger charge is 2.24. The Morgan fingerprint density at radius 2 is 1.97 bits per heavy atom. The van der Waals surface area contributed by atoms with Crippen molar-refractivity contribution in [2.24, 2.45) is 5.73 Å². The standard InChI is InChI=1S/C21H19ClN4O2S/c22-15-4-1-3-14(12-15)20-25-17-5-2-10-29(28)19(17)21(26-20)24-16-8-6-13(7-9-16)11-18(23)27/h1,3-4,6-9,12H,2,5,10-11H2,(H2,23,27)(H,24,25,26). The summed E-state index contributed by atoms with van der Waals surface area (Å²) in [5.74, 6) is 1.29. The SMILES string of the molecule is NC(=O)Cc1ccc(Nc2nc(-c3cccc(Cl)c3)nc3c2S(=O)CCC3)cc1. The first-order valence-corrected chi connectivity index (χ1v) is 10.9. The summed E-state index contributed by atoms with van der Waals surface area (Å²) in [5, 5.41) is 3.88. The summed E-state index contributed by atoms with van der Waals surface area (Å²) in [4.78, 5) is 21.1. The van der Waals surface area contributed by atoms with Gasteiger partial charge >= 0.3 is 0 Å². The first-order valence-electron chi connectivity index (χ1n) is 9.19. The van der Waals surface area contributed by atoms with Gasteiger partial charge in [0.15, 0.2) is 11.6 Å². The number of hydrogen-bond donors (Lipinski definition) is 2. The zero-order valence-electron chi connectivity index (χ0n) is 15.5. The van der Waals surface area contributed by atoms with Crippen LogP contribution in [0.4, 0.5) is 11.5 Å². The number of amides is 1. The van der Waals surface area contributed by atoms with E-state index in [9.17, 15) is 9.00 Å². The van der Waals surface area contributed by atoms with E-state index in [2.05, 4.69) is 15.3 Å². The Hall–Kier alpha value is -2.77. The minimum absolute atomic E-state index is 0.187. The van der Waals surface area contributed by atoms with Gasteiger partial charge < -0.3 is 11.1 Å². The number of nitrogens with two attached hydrogens (primary N) is 1. The maximum atomic E-state index is 12.7. The summed E-state index contributed by atoms with van der Waals surface area (Å²) in [6.45, 7) is 0. The second kappa shape index (κ2) is 8.31. The molecular formula is C21H19ClN4O2S. The van der Waals surface area contributed by atoms with Gasteiger partial charge in [0, 0.05) is 22.0 Å². The number of aryl methyl sites for hydroxylation is 1. The Morgan fingerprint density at radius 3 is 2.69 bits per heavy atom. The lowest BCUT2D eigenvalue weighted by atomic mass is 10.1. The first-order chi connectivity index (χ1) is 14.0. The maximum Gasteiger partial charge on any atom is 0.221 e. The monoisotopic (exact) mass is 426 g/mol. The summed E-state index contributed by atoms with van der Waals surface area (Å²) in [6, 6.07) is 14.7. The van der Waals surface area contributed by atoms with Crippen molar-refractivity contribution in [1.29, 1.82) is 0 Å². The number of benzene rings is 2. The molecule has 3 N–H and O–H groups in total. The van der Waals surface area contributed by atoms with E-state index in [-0.39, 0.29) is 12.3 Å². The molecule has 0 spiro atoms. The van der Waals surface area contributed by atoms with Crippen LogP contribution in [0.2, 0.25) is 5.02 Å². The van der Waals surface area contributed by atoms with E-state index in [0.29, 0.717) is 27.3 Å². The molecule has 1 atom stereocenters. The molecule has 0 aliphatic carbocycles. The molecule has 148 valence electrons. The number of anilines is 2. The van der Waals surface area contributed by atoms with E-state index in [1.807, 2.05) is 42.5 Å². The van der Waals surface area contributed by atoms with Crippen LogP contribution in [0.25, 0.3) is 11.4 Å². The Balaban J connectivity index is 1.74. The topological polar surface area (TPSA) is 98.0 Å². The molecule has 0 radical (unpaired) electrons. The van der Waals surface area contributed by atoms with E-state index in [1.54, 1.807) is 6.07 Å². The Morgan fingerprint density at radius 1 is 1.17 bits per heavy atom. The van der Waals surface area contributed by atoms with Gasteiger partial charge in [-0.1, -0.05) is 35.9 Å². The highest BCUT2D eigenvalue weighted by molar-refractivity contribution is 7.85. The van der Waals surface area contributed by atoms with Crippen molar-refractivity contribution >= 4 is 39.8 Å². The molecule has 2 aromatic carbocycles. The van der Waals surface area contributed by atoms with Gasteiger partial charge in [0.05, 0.1) is 22.9 Å². The predicted octanol–water partition coefficient (Wildman–Crippen LogP) is 3.62. The molecule has 1 aliphatic rings. The predicted molar refractivity (Wildman–Crippen MR) is 115 cm³/mol. The van der Waals surface area contributed by atoms with Gasteiger partial charge in [-0.15, -0.1) is 0 Å². The summed E-state index contributed by atoms with van der Waals surface area (Å²) in [6.07, 6.45) is 1.77. The molecule has 29 heavy (non-hydrogen) atoms. The van der Waals surface area contributed by atoms with Crippen molar-refractivity contribution in [3.63, 3.8) is 0 Å². The minimum atomic E-state index is -1.16. The van der Waals surface area contributed by atoms with E-state index in [0.717, 1.165) is 35.3 Å². The number of hydrogen-bond acceptors (Lipinski definition) is 5. The fourth-order valence-electron chi connectivity index (χ4n) is 3.26. The normalized spacial score (nSPS) is 15.6. The van der Waals surface area contributed by atoms with Gasteiger partial charge in [0.1, 0.15) is 4.90 Å². The summed E-state index contributed by atoms with van der Waals surface area (Å²) < 4.78 is 12.7. The zero-order valence-corrected chi connectivity index (χ0v) is 17.1. The molecular weight excluding hydrogens is 408 g/mol. The smallest absolute Gasteiger partial charge is 0.221 e. The third-order valence-electron chi connectivity index (χ3n) is 4.58. The molecule has 6 nitrogen and oxygen atoms in total. The fraction of sp³-hybridized carbons (Fsp3) is 0.190. The molecule has 8 heteroatoms. The number of nitrogens with one attached hydrogen (secondary N) is 1. The quantitative estimate of drug-likeness (QED) is 0.649. The number of fused-ring (bicyclic) bond motifs is 1. The largest absolute Gasteiger partial charge is 0.369 e. The molecule has 0 fully saturated rings. The van der Waals surface area contributed by atoms with Crippen molar-refractivity contribution in [1.82, 2.24) is 9.97 Å². The van der Waals surface area contributed by atoms with Crippen molar-refractivity contribution in [3.05, 3.63) is 64.8 Å². The van der Waals surface area contributed by atoms with Gasteiger partial charge in [-0.05, 0) is 42.7 Å². The molecule has 0 saturated carbocycles. The Labute approximate surface area is 176 Å². The fourth-order valence-corrected chi connectivity index (χ4v) is 4.79. The van der Waals surface area contributed by atoms with Crippen LogP contribution in [0.1, 0.15) is 17.7 Å². The molecule has 4 rings (SSSR count). The number of nitrogens with zero attached hydrogens (tertiary/aromatic N) is 2. The average Bonchev–Trinajstić information content (AvgIpc) is 2.69. The highest BCUT2D eigenvalue weighted by Crippen LogP contribution is 2.32. The number of halogens is 1. The van der Waals surface area contributed by atoms with Crippen LogP contribution >= 0.6 is 11.6 Å². The summed E-state index contributed by atoms with van der Waals surface area (Å²) in [7, 11) is -1.16. The third kappa shape index (κ3) is 4.46. The lowest BCUT2D eigenvalue weighted by Crippen LogP contribution is -2.16. The van der Waals surface area contributed by atoms with Gasteiger partial charge in [0.2, 0.25) is 5.91 Å². The molecule has 0 saturated heterocycles. The van der Waals surface area contributed by atoms with Crippen LogP contribution in [0.15, 0.2) is 53.4 Å². The number of carbonyl (C=O) groups excluding carboxylic acids is 1. The van der Waals surface area contributed by atoms with E-state index < -0.39 is 10.8 Å². The van der Waals surface area contributed by atoms with Crippen LogP contribution in [0, 0.1) is 0 Å². The zero-order chi connectivity index (χ0) is 20.4. The lowest BCUT2D eigenvalue weighted by molar-refractivity contribution is -0.117. The van der Waals surface area contributed by atoms with E-state index in [1.165, 1.54) is 0 Å². The molecule has 3 aromatic rings. The van der Waals surface area contributed by atoms with Gasteiger partial charge in [0.25, 0.3) is 0 Å². The van der Waals surface area contributed by atoms with E-state index >= 15 is 0 Å². The molecule has 2 heterocycles.